The molecular weight excluding hydrogens is 328 g/mol. The summed E-state index contributed by atoms with van der Waals surface area (Å²) in [6, 6.07) is 10.4. The first-order chi connectivity index (χ1) is 12.8. The third kappa shape index (κ3) is 3.66. The van der Waals surface area contributed by atoms with E-state index in [1.165, 1.54) is 10.8 Å². The highest BCUT2D eigenvalue weighted by atomic mass is 16.5. The first-order valence-corrected chi connectivity index (χ1v) is 9.36. The molecule has 1 N–H and O–H groups in total. The van der Waals surface area contributed by atoms with Crippen molar-refractivity contribution in [1.29, 1.82) is 0 Å². The van der Waals surface area contributed by atoms with Gasteiger partial charge in [-0.15, -0.1) is 0 Å². The number of guanidine groups is 1. The molecule has 138 valence electrons. The largest absolute Gasteiger partial charge is 0.375 e. The van der Waals surface area contributed by atoms with Crippen LogP contribution < -0.4 is 5.32 Å². The third-order valence-electron chi connectivity index (χ3n) is 5.15. The molecule has 2 saturated heterocycles. The first kappa shape index (κ1) is 17.2. The maximum atomic E-state index is 5.95. The van der Waals surface area contributed by atoms with Gasteiger partial charge >= 0.3 is 0 Å². The number of aliphatic imine (C=N–C) groups is 1. The van der Waals surface area contributed by atoms with Crippen molar-refractivity contribution in [2.45, 2.75) is 31.6 Å². The summed E-state index contributed by atoms with van der Waals surface area (Å²) in [7, 11) is 1.83. The van der Waals surface area contributed by atoms with E-state index in [4.69, 9.17) is 9.47 Å². The zero-order valence-electron chi connectivity index (χ0n) is 15.2. The molecule has 6 heteroatoms. The zero-order valence-corrected chi connectivity index (χ0v) is 15.2. The molecule has 2 unspecified atom stereocenters. The van der Waals surface area contributed by atoms with Gasteiger partial charge in [0.1, 0.15) is 6.10 Å². The Morgan fingerprint density at radius 3 is 2.96 bits per heavy atom. The summed E-state index contributed by atoms with van der Waals surface area (Å²) in [6.45, 7) is 3.86. The van der Waals surface area contributed by atoms with Gasteiger partial charge in [-0.25, -0.2) is 0 Å². The molecule has 3 heterocycles. The number of nitrogens with zero attached hydrogens (tertiary/aromatic N) is 3. The van der Waals surface area contributed by atoms with Crippen molar-refractivity contribution in [3.63, 3.8) is 0 Å². The van der Waals surface area contributed by atoms with E-state index in [2.05, 4.69) is 44.5 Å². The van der Waals surface area contributed by atoms with Crippen molar-refractivity contribution in [2.75, 3.05) is 33.4 Å². The summed E-state index contributed by atoms with van der Waals surface area (Å²) < 4.78 is 11.8. The van der Waals surface area contributed by atoms with Crippen LogP contribution in [-0.4, -0.2) is 61.4 Å². The summed E-state index contributed by atoms with van der Waals surface area (Å²) in [6.07, 6.45) is 4.43. The lowest BCUT2D eigenvalue weighted by molar-refractivity contribution is -0.0817. The van der Waals surface area contributed by atoms with Crippen LogP contribution in [0.4, 0.5) is 0 Å². The van der Waals surface area contributed by atoms with E-state index in [1.807, 2.05) is 19.3 Å². The molecule has 2 atom stereocenters. The minimum absolute atomic E-state index is 0.125. The molecule has 4 rings (SSSR count). The predicted molar refractivity (Wildman–Crippen MR) is 102 cm³/mol. The molecule has 2 aliphatic rings. The monoisotopic (exact) mass is 354 g/mol. The normalized spacial score (nSPS) is 24.2. The molecule has 1 aromatic carbocycles. The summed E-state index contributed by atoms with van der Waals surface area (Å²) in [5.74, 6) is 0.894. The Morgan fingerprint density at radius 1 is 1.23 bits per heavy atom. The minimum atomic E-state index is 0.125. The fraction of sp³-hybridized carbons (Fsp3) is 0.500. The van der Waals surface area contributed by atoms with Gasteiger partial charge < -0.3 is 19.7 Å². The Hall–Kier alpha value is -2.18. The number of ether oxygens (including phenoxy) is 2. The Balaban J connectivity index is 1.42. The molecule has 2 aromatic rings. The number of rotatable bonds is 3. The second-order valence-corrected chi connectivity index (χ2v) is 6.79. The lowest BCUT2D eigenvalue weighted by Crippen LogP contribution is -2.53. The zero-order chi connectivity index (χ0) is 17.8. The van der Waals surface area contributed by atoms with Crippen molar-refractivity contribution >= 4 is 16.7 Å². The van der Waals surface area contributed by atoms with Gasteiger partial charge in [0.05, 0.1) is 24.9 Å². The van der Waals surface area contributed by atoms with Gasteiger partial charge in [-0.3, -0.25) is 9.98 Å². The second-order valence-electron chi connectivity index (χ2n) is 6.79. The molecule has 6 nitrogen and oxygen atoms in total. The Kier molecular flexibility index (Phi) is 5.32. The Labute approximate surface area is 154 Å². The highest BCUT2D eigenvalue weighted by Gasteiger charge is 2.32. The van der Waals surface area contributed by atoms with Crippen LogP contribution in [0.5, 0.6) is 0 Å². The van der Waals surface area contributed by atoms with Crippen LogP contribution in [0.2, 0.25) is 0 Å². The number of fused-ring (bicyclic) bond motifs is 1. The van der Waals surface area contributed by atoms with E-state index in [1.54, 1.807) is 0 Å². The van der Waals surface area contributed by atoms with Crippen LogP contribution in [-0.2, 0) is 16.0 Å². The quantitative estimate of drug-likeness (QED) is 0.676. The number of nitrogens with one attached hydrogen (secondary N) is 1. The predicted octanol–water partition coefficient (Wildman–Crippen LogP) is 2.19. The van der Waals surface area contributed by atoms with E-state index in [-0.39, 0.29) is 12.2 Å². The summed E-state index contributed by atoms with van der Waals surface area (Å²) in [4.78, 5) is 11.3. The number of pyridine rings is 1. The van der Waals surface area contributed by atoms with E-state index < -0.39 is 0 Å². The Bertz CT molecular complexity index is 768. The van der Waals surface area contributed by atoms with Gasteiger partial charge in [0.25, 0.3) is 0 Å². The van der Waals surface area contributed by atoms with Crippen LogP contribution in [0.15, 0.2) is 41.5 Å². The van der Waals surface area contributed by atoms with Crippen LogP contribution in [0.25, 0.3) is 10.8 Å². The summed E-state index contributed by atoms with van der Waals surface area (Å²) in [5.41, 5.74) is 1.04. The number of aromatic nitrogens is 1. The molecule has 2 aliphatic heterocycles. The van der Waals surface area contributed by atoms with E-state index in [9.17, 15) is 0 Å². The van der Waals surface area contributed by atoms with Gasteiger partial charge in [-0.05, 0) is 24.3 Å². The van der Waals surface area contributed by atoms with Crippen molar-refractivity contribution < 1.29 is 9.47 Å². The third-order valence-corrected chi connectivity index (χ3v) is 5.15. The molecule has 1 aromatic heterocycles. The number of morpholine rings is 1. The molecule has 26 heavy (non-hydrogen) atoms. The van der Waals surface area contributed by atoms with Gasteiger partial charge in [0, 0.05) is 38.3 Å². The molecule has 0 radical (unpaired) electrons. The van der Waals surface area contributed by atoms with Crippen molar-refractivity contribution in [1.82, 2.24) is 15.2 Å². The SMILES string of the molecule is CN=C(NCc1nccc2ccccc12)N1CCOC(C2CCCO2)C1. The number of hydrogen-bond acceptors (Lipinski definition) is 4. The number of hydrogen-bond donors (Lipinski definition) is 1. The molecule has 0 saturated carbocycles. The molecule has 0 bridgehead atoms. The van der Waals surface area contributed by atoms with Crippen molar-refractivity contribution in [2.24, 2.45) is 4.99 Å². The molecule has 0 spiro atoms. The van der Waals surface area contributed by atoms with Crippen LogP contribution in [0, 0.1) is 0 Å². The lowest BCUT2D eigenvalue weighted by atomic mass is 10.1. The van der Waals surface area contributed by atoms with Gasteiger partial charge in [-0.2, -0.15) is 0 Å². The Morgan fingerprint density at radius 2 is 2.12 bits per heavy atom. The summed E-state index contributed by atoms with van der Waals surface area (Å²) in [5, 5.41) is 5.86. The van der Waals surface area contributed by atoms with Gasteiger partial charge in [0.15, 0.2) is 5.96 Å². The molecule has 0 amide bonds. The van der Waals surface area contributed by atoms with E-state index in [0.29, 0.717) is 13.2 Å². The van der Waals surface area contributed by atoms with E-state index >= 15 is 0 Å². The average molecular weight is 354 g/mol. The van der Waals surface area contributed by atoms with Crippen molar-refractivity contribution in [3.05, 3.63) is 42.2 Å². The minimum Gasteiger partial charge on any atom is -0.375 e. The highest BCUT2D eigenvalue weighted by molar-refractivity contribution is 5.85. The van der Waals surface area contributed by atoms with Crippen LogP contribution >= 0.6 is 0 Å². The first-order valence-electron chi connectivity index (χ1n) is 9.36. The van der Waals surface area contributed by atoms with Gasteiger partial charge in [-0.1, -0.05) is 24.3 Å². The molecule has 2 fully saturated rings. The van der Waals surface area contributed by atoms with Crippen LogP contribution in [0.3, 0.4) is 0 Å². The van der Waals surface area contributed by atoms with E-state index in [0.717, 1.165) is 44.2 Å². The highest BCUT2D eigenvalue weighted by Crippen LogP contribution is 2.21. The molecule has 0 aliphatic carbocycles. The number of benzene rings is 1. The fourth-order valence-corrected chi connectivity index (χ4v) is 3.81. The standard InChI is InChI=1S/C20H26N4O2/c1-21-20(24-10-12-26-19(14-24)18-7-4-11-25-18)23-13-17-16-6-3-2-5-15(16)8-9-22-17/h2-3,5-6,8-9,18-19H,4,7,10-14H2,1H3,(H,21,23). The lowest BCUT2D eigenvalue weighted by Gasteiger charge is -2.37. The molecular formula is C20H26N4O2. The maximum absolute atomic E-state index is 5.95. The fourth-order valence-electron chi connectivity index (χ4n) is 3.81. The summed E-state index contributed by atoms with van der Waals surface area (Å²) >= 11 is 0. The average Bonchev–Trinajstić information content (AvgIpc) is 3.24. The van der Waals surface area contributed by atoms with Crippen molar-refractivity contribution in [3.8, 4) is 0 Å². The smallest absolute Gasteiger partial charge is 0.194 e. The van der Waals surface area contributed by atoms with Gasteiger partial charge in [0.2, 0.25) is 0 Å². The topological polar surface area (TPSA) is 59.0 Å². The maximum Gasteiger partial charge on any atom is 0.194 e. The second kappa shape index (κ2) is 8.01. The van der Waals surface area contributed by atoms with Crippen LogP contribution in [0.1, 0.15) is 18.5 Å².